The van der Waals surface area contributed by atoms with E-state index in [1.165, 1.54) is 0 Å². The number of nitrogen functional groups attached to an aromatic ring is 1. The number of hydrogen-bond donors (Lipinski definition) is 1. The van der Waals surface area contributed by atoms with Crippen LogP contribution in [0.25, 0.3) is 0 Å². The maximum Gasteiger partial charge on any atom is 0.0380 e. The van der Waals surface area contributed by atoms with Crippen LogP contribution in [-0.2, 0) is 6.42 Å². The van der Waals surface area contributed by atoms with E-state index in [9.17, 15) is 0 Å². The molecule has 0 spiro atoms. The fourth-order valence-corrected chi connectivity index (χ4v) is 0.911. The SMILES string of the molecule is C=C(C)Cc1cnccc1N. The number of aromatic nitrogens is 1. The van der Waals surface area contributed by atoms with Gasteiger partial charge in [-0.15, -0.1) is 0 Å². The summed E-state index contributed by atoms with van der Waals surface area (Å²) in [4.78, 5) is 3.98. The highest BCUT2D eigenvalue weighted by atomic mass is 14.7. The highest BCUT2D eigenvalue weighted by Crippen LogP contribution is 2.12. The Morgan fingerprint density at radius 2 is 2.45 bits per heavy atom. The highest BCUT2D eigenvalue weighted by Gasteiger charge is 1.96. The smallest absolute Gasteiger partial charge is 0.0380 e. The summed E-state index contributed by atoms with van der Waals surface area (Å²) in [5, 5.41) is 0. The molecule has 2 N–H and O–H groups in total. The standard InChI is InChI=1S/C9H12N2/c1-7(2)5-8-6-11-4-3-9(8)10/h3-4,6H,1,5H2,2H3,(H2,10,11). The van der Waals surface area contributed by atoms with E-state index >= 15 is 0 Å². The molecule has 0 aromatic carbocycles. The number of rotatable bonds is 2. The molecule has 1 aromatic heterocycles. The van der Waals surface area contributed by atoms with E-state index in [1.54, 1.807) is 18.5 Å². The summed E-state index contributed by atoms with van der Waals surface area (Å²) in [6, 6.07) is 1.80. The van der Waals surface area contributed by atoms with Crippen molar-refractivity contribution in [3.05, 3.63) is 36.2 Å². The van der Waals surface area contributed by atoms with E-state index in [1.807, 2.05) is 6.92 Å². The molecule has 2 heteroatoms. The van der Waals surface area contributed by atoms with Gasteiger partial charge in [-0.05, 0) is 25.0 Å². The fraction of sp³-hybridized carbons (Fsp3) is 0.222. The number of nitrogens with zero attached hydrogens (tertiary/aromatic N) is 1. The van der Waals surface area contributed by atoms with Crippen LogP contribution < -0.4 is 5.73 Å². The minimum absolute atomic E-state index is 0.794. The molecular weight excluding hydrogens is 136 g/mol. The van der Waals surface area contributed by atoms with Crippen molar-refractivity contribution in [1.29, 1.82) is 0 Å². The number of anilines is 1. The third kappa shape index (κ3) is 2.08. The van der Waals surface area contributed by atoms with Gasteiger partial charge in [0.05, 0.1) is 0 Å². The molecule has 58 valence electrons. The quantitative estimate of drug-likeness (QED) is 0.649. The van der Waals surface area contributed by atoms with Gasteiger partial charge in [-0.1, -0.05) is 12.2 Å². The molecule has 0 aliphatic heterocycles. The second kappa shape index (κ2) is 3.19. The van der Waals surface area contributed by atoms with Gasteiger partial charge in [0.15, 0.2) is 0 Å². The number of pyridine rings is 1. The Morgan fingerprint density at radius 1 is 1.73 bits per heavy atom. The summed E-state index contributed by atoms with van der Waals surface area (Å²) in [7, 11) is 0. The normalized spacial score (nSPS) is 9.55. The van der Waals surface area contributed by atoms with Crippen molar-refractivity contribution in [1.82, 2.24) is 4.98 Å². The van der Waals surface area contributed by atoms with Crippen LogP contribution in [0.3, 0.4) is 0 Å². The maximum absolute atomic E-state index is 5.69. The van der Waals surface area contributed by atoms with Crippen molar-refractivity contribution < 1.29 is 0 Å². The minimum atomic E-state index is 0.794. The first-order chi connectivity index (χ1) is 5.20. The molecule has 2 nitrogen and oxygen atoms in total. The van der Waals surface area contributed by atoms with Gasteiger partial charge in [-0.2, -0.15) is 0 Å². The van der Waals surface area contributed by atoms with Gasteiger partial charge < -0.3 is 5.73 Å². The molecular formula is C9H12N2. The first-order valence-corrected chi connectivity index (χ1v) is 3.53. The Hall–Kier alpha value is -1.31. The predicted octanol–water partition coefficient (Wildman–Crippen LogP) is 1.78. The number of nitrogens with two attached hydrogens (primary N) is 1. The van der Waals surface area contributed by atoms with Crippen LogP contribution in [-0.4, -0.2) is 4.98 Å². The summed E-state index contributed by atoms with van der Waals surface area (Å²) < 4.78 is 0. The van der Waals surface area contributed by atoms with Crippen molar-refractivity contribution in [2.24, 2.45) is 0 Å². The molecule has 1 rings (SSSR count). The number of hydrogen-bond acceptors (Lipinski definition) is 2. The lowest BCUT2D eigenvalue weighted by atomic mass is 10.1. The Labute approximate surface area is 66.8 Å². The largest absolute Gasteiger partial charge is 0.398 e. The average Bonchev–Trinajstić information content (AvgIpc) is 1.93. The molecule has 1 aromatic rings. The Kier molecular flexibility index (Phi) is 2.26. The van der Waals surface area contributed by atoms with Crippen LogP contribution >= 0.6 is 0 Å². The maximum atomic E-state index is 5.69. The van der Waals surface area contributed by atoms with Gasteiger partial charge >= 0.3 is 0 Å². The van der Waals surface area contributed by atoms with Crippen LogP contribution in [0, 0.1) is 0 Å². The molecule has 0 atom stereocenters. The van der Waals surface area contributed by atoms with Crippen LogP contribution in [0.5, 0.6) is 0 Å². The summed E-state index contributed by atoms with van der Waals surface area (Å²) in [6.07, 6.45) is 4.29. The van der Waals surface area contributed by atoms with Crippen LogP contribution in [0.2, 0.25) is 0 Å². The molecule has 0 saturated heterocycles. The Balaban J connectivity index is 2.86. The molecule has 0 radical (unpaired) electrons. The van der Waals surface area contributed by atoms with E-state index in [0.29, 0.717) is 0 Å². The van der Waals surface area contributed by atoms with Crippen molar-refractivity contribution in [3.8, 4) is 0 Å². The highest BCUT2D eigenvalue weighted by molar-refractivity contribution is 5.45. The lowest BCUT2D eigenvalue weighted by Crippen LogP contribution is -1.95. The zero-order valence-electron chi connectivity index (χ0n) is 6.67. The molecule has 0 bridgehead atoms. The molecule has 0 amide bonds. The van der Waals surface area contributed by atoms with E-state index in [2.05, 4.69) is 11.6 Å². The van der Waals surface area contributed by atoms with Crippen LogP contribution in [0.1, 0.15) is 12.5 Å². The topological polar surface area (TPSA) is 38.9 Å². The zero-order valence-corrected chi connectivity index (χ0v) is 6.67. The number of allylic oxidation sites excluding steroid dienone is 1. The van der Waals surface area contributed by atoms with E-state index in [-0.39, 0.29) is 0 Å². The van der Waals surface area contributed by atoms with Gasteiger partial charge in [0.2, 0.25) is 0 Å². The van der Waals surface area contributed by atoms with Gasteiger partial charge in [0, 0.05) is 18.1 Å². The fourth-order valence-electron chi connectivity index (χ4n) is 0.911. The predicted molar refractivity (Wildman–Crippen MR) is 47.2 cm³/mol. The summed E-state index contributed by atoms with van der Waals surface area (Å²) in [6.45, 7) is 5.79. The molecule has 0 aliphatic rings. The second-order valence-electron chi connectivity index (χ2n) is 2.71. The third-order valence-corrected chi connectivity index (χ3v) is 1.43. The van der Waals surface area contributed by atoms with Crippen LogP contribution in [0.15, 0.2) is 30.6 Å². The third-order valence-electron chi connectivity index (χ3n) is 1.43. The van der Waals surface area contributed by atoms with E-state index in [4.69, 9.17) is 5.73 Å². The summed E-state index contributed by atoms with van der Waals surface area (Å²) >= 11 is 0. The molecule has 0 saturated carbocycles. The van der Waals surface area contributed by atoms with Gasteiger partial charge in [0.1, 0.15) is 0 Å². The van der Waals surface area contributed by atoms with Gasteiger partial charge in [-0.25, -0.2) is 0 Å². The minimum Gasteiger partial charge on any atom is -0.398 e. The molecule has 0 aliphatic carbocycles. The second-order valence-corrected chi connectivity index (χ2v) is 2.71. The lowest BCUT2D eigenvalue weighted by molar-refractivity contribution is 1.12. The zero-order chi connectivity index (χ0) is 8.27. The average molecular weight is 148 g/mol. The van der Waals surface area contributed by atoms with Gasteiger partial charge in [-0.3, -0.25) is 4.98 Å². The lowest BCUT2D eigenvalue weighted by Gasteiger charge is -2.02. The molecule has 1 heterocycles. The molecule has 11 heavy (non-hydrogen) atoms. The Bertz CT molecular complexity index is 266. The van der Waals surface area contributed by atoms with Crippen molar-refractivity contribution in [2.45, 2.75) is 13.3 Å². The summed E-state index contributed by atoms with van der Waals surface area (Å²) in [5.41, 5.74) is 8.64. The summed E-state index contributed by atoms with van der Waals surface area (Å²) in [5.74, 6) is 0. The van der Waals surface area contributed by atoms with Gasteiger partial charge in [0.25, 0.3) is 0 Å². The van der Waals surface area contributed by atoms with Crippen molar-refractivity contribution >= 4 is 5.69 Å². The van der Waals surface area contributed by atoms with Crippen molar-refractivity contribution in [3.63, 3.8) is 0 Å². The van der Waals surface area contributed by atoms with E-state index in [0.717, 1.165) is 23.2 Å². The monoisotopic (exact) mass is 148 g/mol. The van der Waals surface area contributed by atoms with Crippen LogP contribution in [0.4, 0.5) is 5.69 Å². The molecule has 0 unspecified atom stereocenters. The Morgan fingerprint density at radius 3 is 3.00 bits per heavy atom. The van der Waals surface area contributed by atoms with Crippen molar-refractivity contribution in [2.75, 3.05) is 5.73 Å². The first-order valence-electron chi connectivity index (χ1n) is 3.53. The van der Waals surface area contributed by atoms with E-state index < -0.39 is 0 Å². The first kappa shape index (κ1) is 7.79. The molecule has 0 fully saturated rings.